The first-order chi connectivity index (χ1) is 10.7. The number of thiophene rings is 1. The lowest BCUT2D eigenvalue weighted by Crippen LogP contribution is -2.11. The summed E-state index contributed by atoms with van der Waals surface area (Å²) in [5, 5.41) is 11.8. The number of aromatic nitrogens is 1. The van der Waals surface area contributed by atoms with E-state index in [2.05, 4.69) is 10.1 Å². The summed E-state index contributed by atoms with van der Waals surface area (Å²) < 4.78 is 1.79. The van der Waals surface area contributed by atoms with E-state index in [1.54, 1.807) is 29.1 Å². The van der Waals surface area contributed by atoms with Gasteiger partial charge in [-0.1, -0.05) is 23.2 Å². The Balaban J connectivity index is 2.11. The van der Waals surface area contributed by atoms with E-state index in [9.17, 15) is 0 Å². The lowest BCUT2D eigenvalue weighted by Gasteiger charge is -2.05. The smallest absolute Gasteiger partial charge is 0.205 e. The lowest BCUT2D eigenvalue weighted by atomic mass is 10.2. The molecule has 3 aromatic rings. The minimum atomic E-state index is 0.590. The number of benzene rings is 1. The molecule has 0 atom stereocenters. The minimum absolute atomic E-state index is 0.590. The van der Waals surface area contributed by atoms with Crippen LogP contribution in [0.15, 0.2) is 50.5 Å². The molecular formula is C15H11Cl2N3S2. The van der Waals surface area contributed by atoms with Crippen LogP contribution in [0.4, 0.5) is 0 Å². The molecule has 0 radical (unpaired) electrons. The molecule has 22 heavy (non-hydrogen) atoms. The van der Waals surface area contributed by atoms with E-state index in [0.29, 0.717) is 10.0 Å². The van der Waals surface area contributed by atoms with Gasteiger partial charge < -0.3 is 0 Å². The zero-order valence-corrected chi connectivity index (χ0v) is 14.7. The Labute approximate surface area is 145 Å². The number of thiazole rings is 1. The van der Waals surface area contributed by atoms with E-state index >= 15 is 0 Å². The fourth-order valence-electron chi connectivity index (χ4n) is 1.92. The Bertz CT molecular complexity index is 877. The Kier molecular flexibility index (Phi) is 4.78. The molecule has 0 spiro atoms. The van der Waals surface area contributed by atoms with Gasteiger partial charge in [0.1, 0.15) is 0 Å². The van der Waals surface area contributed by atoms with E-state index in [1.165, 1.54) is 11.3 Å². The van der Waals surface area contributed by atoms with Crippen molar-refractivity contribution in [3.05, 3.63) is 60.8 Å². The summed E-state index contributed by atoms with van der Waals surface area (Å²) in [6, 6.07) is 7.45. The molecule has 7 heteroatoms. The van der Waals surface area contributed by atoms with Gasteiger partial charge in [0.2, 0.25) is 4.80 Å². The molecule has 0 N–H and O–H groups in total. The SMILES string of the molecule is CN=c1scc(-c2ccc(Cl)cc2Cl)n1N=Cc1ccsc1. The topological polar surface area (TPSA) is 29.6 Å². The van der Waals surface area contributed by atoms with Crippen molar-refractivity contribution in [3.63, 3.8) is 0 Å². The fraction of sp³-hybridized carbons (Fsp3) is 0.0667. The average Bonchev–Trinajstić information content (AvgIpc) is 3.14. The van der Waals surface area contributed by atoms with Crippen molar-refractivity contribution in [2.24, 2.45) is 10.1 Å². The summed E-state index contributed by atoms with van der Waals surface area (Å²) in [6.07, 6.45) is 1.81. The van der Waals surface area contributed by atoms with Crippen molar-refractivity contribution in [3.8, 4) is 11.3 Å². The molecule has 0 saturated carbocycles. The minimum Gasteiger partial charge on any atom is -0.261 e. The van der Waals surface area contributed by atoms with Crippen LogP contribution in [0.3, 0.4) is 0 Å². The van der Waals surface area contributed by atoms with Crippen LogP contribution in [0.1, 0.15) is 5.56 Å². The summed E-state index contributed by atoms with van der Waals surface area (Å²) in [6.45, 7) is 0. The summed E-state index contributed by atoms with van der Waals surface area (Å²) >= 11 is 15.4. The van der Waals surface area contributed by atoms with Crippen LogP contribution >= 0.6 is 45.9 Å². The van der Waals surface area contributed by atoms with Gasteiger partial charge in [-0.25, -0.2) is 4.68 Å². The Hall–Kier alpha value is -1.40. The zero-order chi connectivity index (χ0) is 15.5. The summed E-state index contributed by atoms with van der Waals surface area (Å²) in [7, 11) is 1.75. The van der Waals surface area contributed by atoms with Crippen LogP contribution in [-0.2, 0) is 0 Å². The molecule has 1 aromatic carbocycles. The molecule has 112 valence electrons. The van der Waals surface area contributed by atoms with Crippen molar-refractivity contribution >= 4 is 52.1 Å². The van der Waals surface area contributed by atoms with Gasteiger partial charge in [0.15, 0.2) is 0 Å². The predicted octanol–water partition coefficient (Wildman–Crippen LogP) is 5.00. The van der Waals surface area contributed by atoms with Gasteiger partial charge in [-0.05, 0) is 35.0 Å². The first-order valence-electron chi connectivity index (χ1n) is 6.34. The van der Waals surface area contributed by atoms with Crippen molar-refractivity contribution in [1.29, 1.82) is 0 Å². The second kappa shape index (κ2) is 6.79. The van der Waals surface area contributed by atoms with Crippen LogP contribution in [-0.4, -0.2) is 17.9 Å². The maximum Gasteiger partial charge on any atom is 0.205 e. The molecule has 0 unspecified atom stereocenters. The molecule has 0 amide bonds. The number of hydrogen-bond donors (Lipinski definition) is 0. The fourth-order valence-corrected chi connectivity index (χ4v) is 3.83. The molecule has 2 aromatic heterocycles. The Morgan fingerprint density at radius 3 is 2.73 bits per heavy atom. The van der Waals surface area contributed by atoms with Gasteiger partial charge in [0.25, 0.3) is 0 Å². The number of halogens is 2. The monoisotopic (exact) mass is 367 g/mol. The van der Waals surface area contributed by atoms with E-state index < -0.39 is 0 Å². The quantitative estimate of drug-likeness (QED) is 0.583. The number of nitrogens with zero attached hydrogens (tertiary/aromatic N) is 3. The molecule has 0 aliphatic carbocycles. The second-order valence-corrected chi connectivity index (χ2v) is 6.82. The predicted molar refractivity (Wildman–Crippen MR) is 96.6 cm³/mol. The van der Waals surface area contributed by atoms with Gasteiger partial charge in [-0.3, -0.25) is 4.99 Å². The van der Waals surface area contributed by atoms with E-state index in [0.717, 1.165) is 21.6 Å². The van der Waals surface area contributed by atoms with Crippen molar-refractivity contribution in [2.75, 3.05) is 7.05 Å². The summed E-state index contributed by atoms with van der Waals surface area (Å²) in [4.78, 5) is 5.06. The highest BCUT2D eigenvalue weighted by atomic mass is 35.5. The maximum absolute atomic E-state index is 6.31. The van der Waals surface area contributed by atoms with Gasteiger partial charge in [0.05, 0.1) is 16.9 Å². The molecule has 3 rings (SSSR count). The van der Waals surface area contributed by atoms with Gasteiger partial charge in [-0.15, -0.1) is 11.3 Å². The van der Waals surface area contributed by atoms with Crippen LogP contribution in [0.5, 0.6) is 0 Å². The van der Waals surface area contributed by atoms with Crippen molar-refractivity contribution in [1.82, 2.24) is 4.68 Å². The standard InChI is InChI=1S/C15H11Cl2N3S2/c1-18-15-20(19-7-10-4-5-21-8-10)14(9-22-15)12-3-2-11(16)6-13(12)17/h2-9H,1H3. The number of rotatable bonds is 3. The van der Waals surface area contributed by atoms with Gasteiger partial charge >= 0.3 is 0 Å². The van der Waals surface area contributed by atoms with Crippen molar-refractivity contribution in [2.45, 2.75) is 0 Å². The molecule has 0 fully saturated rings. The first kappa shape index (κ1) is 15.5. The molecule has 0 bridgehead atoms. The highest BCUT2D eigenvalue weighted by molar-refractivity contribution is 7.08. The highest BCUT2D eigenvalue weighted by Crippen LogP contribution is 2.30. The Morgan fingerprint density at radius 2 is 2.05 bits per heavy atom. The zero-order valence-electron chi connectivity index (χ0n) is 11.5. The van der Waals surface area contributed by atoms with E-state index in [1.807, 2.05) is 40.6 Å². The number of hydrogen-bond acceptors (Lipinski definition) is 4. The van der Waals surface area contributed by atoms with Crippen LogP contribution in [0.25, 0.3) is 11.3 Å². The molecule has 0 aliphatic heterocycles. The third-order valence-corrected chi connectivity index (χ3v) is 5.11. The van der Waals surface area contributed by atoms with E-state index in [4.69, 9.17) is 23.2 Å². The molecule has 0 saturated heterocycles. The van der Waals surface area contributed by atoms with E-state index in [-0.39, 0.29) is 0 Å². The van der Waals surface area contributed by atoms with Crippen molar-refractivity contribution < 1.29 is 0 Å². The molecule has 2 heterocycles. The molecule has 0 aliphatic rings. The third-order valence-electron chi connectivity index (χ3n) is 2.95. The maximum atomic E-state index is 6.31. The largest absolute Gasteiger partial charge is 0.261 e. The lowest BCUT2D eigenvalue weighted by molar-refractivity contribution is 0.848. The van der Waals surface area contributed by atoms with Crippen LogP contribution in [0, 0.1) is 0 Å². The average molecular weight is 368 g/mol. The summed E-state index contributed by atoms with van der Waals surface area (Å²) in [5.74, 6) is 0. The second-order valence-electron chi connectivity index (χ2n) is 4.36. The molecular weight excluding hydrogens is 357 g/mol. The normalized spacial score (nSPS) is 12.4. The Morgan fingerprint density at radius 1 is 1.18 bits per heavy atom. The van der Waals surface area contributed by atoms with Gasteiger partial charge in [-0.2, -0.15) is 16.4 Å². The van der Waals surface area contributed by atoms with Crippen LogP contribution in [0.2, 0.25) is 10.0 Å². The summed E-state index contributed by atoms with van der Waals surface area (Å²) in [5.41, 5.74) is 2.82. The highest BCUT2D eigenvalue weighted by Gasteiger charge is 2.11. The molecule has 3 nitrogen and oxygen atoms in total. The van der Waals surface area contributed by atoms with Gasteiger partial charge in [0, 0.05) is 28.6 Å². The van der Waals surface area contributed by atoms with Crippen LogP contribution < -0.4 is 4.80 Å². The first-order valence-corrected chi connectivity index (χ1v) is 8.92. The third kappa shape index (κ3) is 3.17.